The molecule has 152 valence electrons. The summed E-state index contributed by atoms with van der Waals surface area (Å²) in [6.45, 7) is 2.07. The number of amides is 1. The number of carbonyl (C=O) groups is 1. The Labute approximate surface area is 182 Å². The number of aliphatic hydroxyl groups excluding tert-OH is 1. The first-order chi connectivity index (χ1) is 13.5. The summed E-state index contributed by atoms with van der Waals surface area (Å²) in [6, 6.07) is 12.4. The number of ether oxygens (including phenoxy) is 2. The van der Waals surface area contributed by atoms with E-state index in [2.05, 4.69) is 27.9 Å². The van der Waals surface area contributed by atoms with Gasteiger partial charge in [-0.15, -0.1) is 11.8 Å². The van der Waals surface area contributed by atoms with Crippen LogP contribution in [0, 0.1) is 3.57 Å². The van der Waals surface area contributed by atoms with Gasteiger partial charge in [0.05, 0.1) is 0 Å². The monoisotopic (exact) mass is 517 g/mol. The molecule has 0 fully saturated rings. The lowest BCUT2D eigenvalue weighted by Crippen LogP contribution is -2.30. The maximum atomic E-state index is 12.5. The summed E-state index contributed by atoms with van der Waals surface area (Å²) < 4.78 is 12.2. The van der Waals surface area contributed by atoms with Gasteiger partial charge in [0.15, 0.2) is 6.10 Å². The summed E-state index contributed by atoms with van der Waals surface area (Å²) in [5, 5.41) is 22.4. The zero-order valence-electron chi connectivity index (χ0n) is 15.7. The van der Waals surface area contributed by atoms with E-state index in [1.54, 1.807) is 42.1 Å². The number of anilines is 1. The molecule has 0 saturated carbocycles. The Bertz CT molecular complexity index is 766. The van der Waals surface area contributed by atoms with Gasteiger partial charge in [0.25, 0.3) is 0 Å². The Morgan fingerprint density at radius 2 is 1.96 bits per heavy atom. The standard InChI is InChI=1S/C20H24INO5S/c1-3-26-18(10-11-23)19(16-12-13(21)4-9-17(16)24)27-20(25)22-14-5-7-15(28-2)8-6-14/h4-9,12,18-19,23-24H,3,10-11H2,1-2H3,(H,22,25)/t18-,19-/m0/s1. The van der Waals surface area contributed by atoms with E-state index in [0.29, 0.717) is 17.9 Å². The number of thioether (sulfide) groups is 1. The normalized spacial score (nSPS) is 13.0. The smallest absolute Gasteiger partial charge is 0.412 e. The predicted molar refractivity (Wildman–Crippen MR) is 119 cm³/mol. The van der Waals surface area contributed by atoms with Crippen molar-refractivity contribution >= 4 is 46.1 Å². The highest BCUT2D eigenvalue weighted by Crippen LogP contribution is 2.34. The second-order valence-corrected chi connectivity index (χ2v) is 8.01. The number of phenols is 1. The van der Waals surface area contributed by atoms with Crippen LogP contribution in [0.1, 0.15) is 25.0 Å². The zero-order chi connectivity index (χ0) is 20.5. The average molecular weight is 517 g/mol. The van der Waals surface area contributed by atoms with Crippen molar-refractivity contribution in [2.75, 3.05) is 24.8 Å². The van der Waals surface area contributed by atoms with Crippen molar-refractivity contribution in [1.82, 2.24) is 0 Å². The molecule has 0 unspecified atom stereocenters. The predicted octanol–water partition coefficient (Wildman–Crippen LogP) is 4.80. The van der Waals surface area contributed by atoms with Gasteiger partial charge in [-0.1, -0.05) is 0 Å². The Morgan fingerprint density at radius 3 is 2.57 bits per heavy atom. The lowest BCUT2D eigenvalue weighted by molar-refractivity contribution is -0.0491. The van der Waals surface area contributed by atoms with Crippen molar-refractivity contribution < 1.29 is 24.5 Å². The number of aromatic hydroxyl groups is 1. The van der Waals surface area contributed by atoms with Crippen LogP contribution in [0.3, 0.4) is 0 Å². The summed E-state index contributed by atoms with van der Waals surface area (Å²) in [5.74, 6) is 0.00480. The average Bonchev–Trinajstić information content (AvgIpc) is 2.68. The maximum absolute atomic E-state index is 12.5. The van der Waals surface area contributed by atoms with Crippen molar-refractivity contribution in [2.45, 2.75) is 30.4 Å². The van der Waals surface area contributed by atoms with Crippen LogP contribution in [0.5, 0.6) is 5.75 Å². The van der Waals surface area contributed by atoms with E-state index >= 15 is 0 Å². The van der Waals surface area contributed by atoms with Crippen molar-refractivity contribution in [1.29, 1.82) is 0 Å². The van der Waals surface area contributed by atoms with Crippen LogP contribution in [0.15, 0.2) is 47.4 Å². The van der Waals surface area contributed by atoms with E-state index in [1.165, 1.54) is 0 Å². The minimum absolute atomic E-state index is 0.00480. The molecule has 0 aliphatic rings. The molecule has 0 spiro atoms. The van der Waals surface area contributed by atoms with Gasteiger partial charge in [-0.3, -0.25) is 5.32 Å². The van der Waals surface area contributed by atoms with Gasteiger partial charge in [-0.2, -0.15) is 0 Å². The van der Waals surface area contributed by atoms with E-state index in [1.807, 2.05) is 25.3 Å². The number of aliphatic hydroxyl groups is 1. The maximum Gasteiger partial charge on any atom is 0.412 e. The Kier molecular flexibility index (Phi) is 9.36. The summed E-state index contributed by atoms with van der Waals surface area (Å²) >= 11 is 3.73. The molecule has 2 aromatic carbocycles. The summed E-state index contributed by atoms with van der Waals surface area (Å²) in [7, 11) is 0. The van der Waals surface area contributed by atoms with E-state index in [-0.39, 0.29) is 18.8 Å². The molecule has 1 amide bonds. The van der Waals surface area contributed by atoms with Crippen LogP contribution in [0.4, 0.5) is 10.5 Å². The minimum atomic E-state index is -0.868. The number of nitrogens with one attached hydrogen (secondary N) is 1. The van der Waals surface area contributed by atoms with Gasteiger partial charge in [0.1, 0.15) is 11.9 Å². The molecular weight excluding hydrogens is 493 g/mol. The first-order valence-corrected chi connectivity index (χ1v) is 11.1. The van der Waals surface area contributed by atoms with Crippen LogP contribution in [-0.2, 0) is 9.47 Å². The molecule has 0 bridgehead atoms. The van der Waals surface area contributed by atoms with Crippen molar-refractivity contribution in [3.63, 3.8) is 0 Å². The third kappa shape index (κ3) is 6.54. The van der Waals surface area contributed by atoms with Crippen molar-refractivity contribution in [3.05, 3.63) is 51.6 Å². The van der Waals surface area contributed by atoms with Crippen molar-refractivity contribution in [3.8, 4) is 5.75 Å². The van der Waals surface area contributed by atoms with Crippen LogP contribution in [0.25, 0.3) is 0 Å². The molecule has 28 heavy (non-hydrogen) atoms. The van der Waals surface area contributed by atoms with E-state index in [4.69, 9.17) is 9.47 Å². The summed E-state index contributed by atoms with van der Waals surface area (Å²) in [5.41, 5.74) is 1.04. The molecule has 3 N–H and O–H groups in total. The second kappa shape index (κ2) is 11.5. The van der Waals surface area contributed by atoms with E-state index < -0.39 is 18.3 Å². The molecule has 0 saturated heterocycles. The van der Waals surface area contributed by atoms with Gasteiger partial charge in [-0.05, 0) is 78.2 Å². The highest BCUT2D eigenvalue weighted by atomic mass is 127. The molecule has 2 rings (SSSR count). The van der Waals surface area contributed by atoms with Gasteiger partial charge in [-0.25, -0.2) is 4.79 Å². The Balaban J connectivity index is 2.24. The molecular formula is C20H24INO5S. The molecule has 0 aliphatic carbocycles. The third-order valence-electron chi connectivity index (χ3n) is 4.00. The summed E-state index contributed by atoms with van der Waals surface area (Å²) in [4.78, 5) is 13.6. The molecule has 6 nitrogen and oxygen atoms in total. The SMILES string of the molecule is CCO[C@@H](CCO)[C@@H](OC(=O)Nc1ccc(SC)cc1)c1cc(I)ccc1O. The van der Waals surface area contributed by atoms with E-state index in [9.17, 15) is 15.0 Å². The molecule has 2 aromatic rings. The largest absolute Gasteiger partial charge is 0.508 e. The number of hydrogen-bond acceptors (Lipinski definition) is 6. The highest BCUT2D eigenvalue weighted by molar-refractivity contribution is 14.1. The lowest BCUT2D eigenvalue weighted by atomic mass is 10.0. The fourth-order valence-electron chi connectivity index (χ4n) is 2.69. The van der Waals surface area contributed by atoms with Gasteiger partial charge in [0, 0.05) is 39.4 Å². The first kappa shape index (κ1) is 22.8. The topological polar surface area (TPSA) is 88.0 Å². The van der Waals surface area contributed by atoms with Gasteiger partial charge in [0.2, 0.25) is 0 Å². The van der Waals surface area contributed by atoms with Crippen molar-refractivity contribution in [2.24, 2.45) is 0 Å². The number of rotatable bonds is 9. The minimum Gasteiger partial charge on any atom is -0.508 e. The van der Waals surface area contributed by atoms with Gasteiger partial charge < -0.3 is 19.7 Å². The van der Waals surface area contributed by atoms with Crippen LogP contribution in [-0.4, -0.2) is 41.9 Å². The molecule has 2 atom stereocenters. The van der Waals surface area contributed by atoms with Crippen LogP contribution in [0.2, 0.25) is 0 Å². The quantitative estimate of drug-likeness (QED) is 0.328. The fraction of sp³-hybridized carbons (Fsp3) is 0.350. The molecule has 0 aromatic heterocycles. The third-order valence-corrected chi connectivity index (χ3v) is 5.41. The Morgan fingerprint density at radius 1 is 1.25 bits per heavy atom. The Hall–Kier alpha value is -1.49. The first-order valence-electron chi connectivity index (χ1n) is 8.81. The highest BCUT2D eigenvalue weighted by Gasteiger charge is 2.30. The number of halogens is 1. The fourth-order valence-corrected chi connectivity index (χ4v) is 3.62. The number of benzene rings is 2. The number of phenolic OH excluding ortho intramolecular Hbond substituents is 1. The van der Waals surface area contributed by atoms with Gasteiger partial charge >= 0.3 is 6.09 Å². The number of hydrogen-bond donors (Lipinski definition) is 3. The van der Waals surface area contributed by atoms with E-state index in [0.717, 1.165) is 8.47 Å². The second-order valence-electron chi connectivity index (χ2n) is 5.89. The molecule has 0 aliphatic heterocycles. The molecule has 0 radical (unpaired) electrons. The summed E-state index contributed by atoms with van der Waals surface area (Å²) in [6.07, 6.45) is 0.113. The van der Waals surface area contributed by atoms with Crippen LogP contribution < -0.4 is 5.32 Å². The zero-order valence-corrected chi connectivity index (χ0v) is 18.7. The molecule has 8 heteroatoms. The molecule has 0 heterocycles. The number of carbonyl (C=O) groups excluding carboxylic acids is 1. The van der Waals surface area contributed by atoms with Crippen LogP contribution >= 0.6 is 34.4 Å². The lowest BCUT2D eigenvalue weighted by Gasteiger charge is -2.27.